The summed E-state index contributed by atoms with van der Waals surface area (Å²) in [7, 11) is 0. The predicted octanol–water partition coefficient (Wildman–Crippen LogP) is 12.3. The first-order valence-corrected chi connectivity index (χ1v) is 21.9. The molecule has 324 valence electrons. The van der Waals surface area contributed by atoms with Crippen molar-refractivity contribution in [2.24, 2.45) is 9.98 Å². The van der Waals surface area contributed by atoms with Crippen LogP contribution in [0, 0.1) is 0 Å². The number of hydrogen-bond acceptors (Lipinski definition) is 10. The molecule has 0 bridgehead atoms. The molecule has 0 aromatic heterocycles. The molecule has 0 saturated heterocycles. The molecule has 7 aromatic rings. The summed E-state index contributed by atoms with van der Waals surface area (Å²) >= 11 is 10.2. The van der Waals surface area contributed by atoms with Crippen molar-refractivity contribution in [2.75, 3.05) is 26.4 Å². The molecule has 65 heavy (non-hydrogen) atoms. The second kappa shape index (κ2) is 19.7. The summed E-state index contributed by atoms with van der Waals surface area (Å²) in [5, 5.41) is 2.32. The number of ether oxygens (including phenoxy) is 4. The van der Waals surface area contributed by atoms with Gasteiger partial charge in [-0.25, -0.2) is 9.59 Å². The molecule has 1 aliphatic rings. The maximum absolute atomic E-state index is 11.3. The van der Waals surface area contributed by atoms with E-state index in [0.717, 1.165) is 77.9 Å². The number of rotatable bonds is 16. The van der Waals surface area contributed by atoms with E-state index in [1.54, 1.807) is 0 Å². The van der Waals surface area contributed by atoms with Gasteiger partial charge in [0.25, 0.3) is 0 Å². The summed E-state index contributed by atoms with van der Waals surface area (Å²) in [6, 6.07) is 49.8. The average Bonchev–Trinajstić information content (AvgIpc) is 3.62. The van der Waals surface area contributed by atoms with Gasteiger partial charge in [-0.2, -0.15) is 0 Å². The van der Waals surface area contributed by atoms with Crippen molar-refractivity contribution in [1.82, 2.24) is 0 Å². The Balaban J connectivity index is 1.14. The van der Waals surface area contributed by atoms with E-state index in [2.05, 4.69) is 98.1 Å². The number of benzene rings is 7. The number of thiol groups is 2. The number of esters is 2. The Hall–Kier alpha value is -7.14. The fourth-order valence-electron chi connectivity index (χ4n) is 8.25. The van der Waals surface area contributed by atoms with Gasteiger partial charge < -0.3 is 18.9 Å². The van der Waals surface area contributed by atoms with Crippen LogP contribution in [0.2, 0.25) is 0 Å². The zero-order chi connectivity index (χ0) is 45.5. The van der Waals surface area contributed by atoms with E-state index in [0.29, 0.717) is 11.5 Å². The highest BCUT2D eigenvalue weighted by atomic mass is 32.1. The van der Waals surface area contributed by atoms with Crippen LogP contribution in [0.5, 0.6) is 11.5 Å². The lowest BCUT2D eigenvalue weighted by molar-refractivity contribution is -0.139. The van der Waals surface area contributed by atoms with E-state index in [4.69, 9.17) is 54.2 Å². The van der Waals surface area contributed by atoms with Crippen LogP contribution in [0.4, 0.5) is 11.4 Å². The van der Waals surface area contributed by atoms with Gasteiger partial charge in [-0.05, 0) is 154 Å². The Labute approximate surface area is 389 Å². The molecule has 0 spiro atoms. The number of carbonyl (C=O) groups is 2. The Kier molecular flexibility index (Phi) is 13.5. The first-order chi connectivity index (χ1) is 31.6. The van der Waals surface area contributed by atoms with Crippen molar-refractivity contribution in [1.29, 1.82) is 0 Å². The Morgan fingerprint density at radius 2 is 1.00 bits per heavy atom. The number of aliphatic imine (C=N–C) groups is 2. The van der Waals surface area contributed by atoms with Gasteiger partial charge in [0, 0.05) is 33.4 Å². The lowest BCUT2D eigenvalue weighted by Crippen LogP contribution is -2.28. The predicted molar refractivity (Wildman–Crippen MR) is 266 cm³/mol. The first-order valence-electron chi connectivity index (χ1n) is 21.0. The third-order valence-electron chi connectivity index (χ3n) is 11.4. The molecule has 0 unspecified atom stereocenters. The minimum atomic E-state index is -0.737. The molecule has 1 aliphatic carbocycles. The van der Waals surface area contributed by atoms with Gasteiger partial charge >= 0.3 is 11.9 Å². The molecule has 10 heteroatoms. The molecular formula is C55H46N2O6S2. The maximum Gasteiger partial charge on any atom is 0.330 e. The van der Waals surface area contributed by atoms with E-state index < -0.39 is 17.4 Å². The molecule has 0 saturated carbocycles. The molecule has 0 heterocycles. The molecule has 8 rings (SSSR count). The first kappa shape index (κ1) is 44.5. The minimum absolute atomic E-state index is 0.132. The van der Waals surface area contributed by atoms with Crippen LogP contribution in [-0.4, -0.2) is 49.8 Å². The summed E-state index contributed by atoms with van der Waals surface area (Å²) < 4.78 is 21.5. The quantitative estimate of drug-likeness (QED) is 0.0330. The molecule has 8 nitrogen and oxygen atoms in total. The fraction of sp³-hybridized carbons (Fsp3) is 0.127. The summed E-state index contributed by atoms with van der Waals surface area (Å²) in [4.78, 5) is 34.2. The van der Waals surface area contributed by atoms with Gasteiger partial charge in [-0.3, -0.25) is 9.98 Å². The van der Waals surface area contributed by atoms with Crippen molar-refractivity contribution in [3.63, 3.8) is 0 Å². The maximum atomic E-state index is 11.3. The molecular weight excluding hydrogens is 849 g/mol. The van der Waals surface area contributed by atoms with Gasteiger partial charge in [-0.1, -0.05) is 73.8 Å². The monoisotopic (exact) mass is 894 g/mol. The number of fused-ring (bicyclic) bond motifs is 4. The molecule has 7 aromatic carbocycles. The molecule has 0 fully saturated rings. The lowest BCUT2D eigenvalue weighted by atomic mass is 9.67. The molecule has 0 aliphatic heterocycles. The summed E-state index contributed by atoms with van der Waals surface area (Å²) in [5.41, 5.74) is 11.0. The largest absolute Gasteiger partial charge is 0.490 e. The van der Waals surface area contributed by atoms with Gasteiger partial charge in [0.2, 0.25) is 0 Å². The minimum Gasteiger partial charge on any atom is -0.490 e. The second-order valence-corrected chi connectivity index (χ2v) is 16.3. The third-order valence-corrected chi connectivity index (χ3v) is 12.1. The Morgan fingerprint density at radius 3 is 1.48 bits per heavy atom. The van der Waals surface area contributed by atoms with Crippen molar-refractivity contribution < 1.29 is 28.5 Å². The van der Waals surface area contributed by atoms with Crippen molar-refractivity contribution in [3.05, 3.63) is 204 Å². The standard InChI is InChI=1S/C55H46N2O6S2/c1-5-53(58)62-29-27-60-43-21-15-37(16-22-43)35(3)56-49-25-19-41(33-51(49)64)55(47-14-10-9-13-45(47)46-31-39-11-7-8-12-40(39)32-48(46)55)42-20-26-50(52(65)34-42)57-36(4)38-17-23-44(24-18-38)61-28-30-63-54(59)6-2/h5-26,31-34,64-65H,1-2,27-30H2,3-4H3. The van der Waals surface area contributed by atoms with Gasteiger partial charge in [0.1, 0.15) is 37.9 Å². The highest BCUT2D eigenvalue weighted by Gasteiger charge is 2.46. The van der Waals surface area contributed by atoms with Gasteiger partial charge in [0.15, 0.2) is 0 Å². The zero-order valence-electron chi connectivity index (χ0n) is 36.0. The lowest BCUT2D eigenvalue weighted by Gasteiger charge is -2.34. The van der Waals surface area contributed by atoms with Crippen LogP contribution in [0.3, 0.4) is 0 Å². The molecule has 0 amide bonds. The fourth-order valence-corrected chi connectivity index (χ4v) is 8.78. The van der Waals surface area contributed by atoms with E-state index in [1.807, 2.05) is 74.5 Å². The Bertz CT molecular complexity index is 2880. The van der Waals surface area contributed by atoms with Crippen LogP contribution < -0.4 is 9.47 Å². The van der Waals surface area contributed by atoms with Crippen molar-refractivity contribution in [2.45, 2.75) is 29.1 Å². The van der Waals surface area contributed by atoms with Gasteiger partial charge in [-0.15, -0.1) is 25.3 Å². The SMILES string of the molecule is C=CC(=O)OCCOc1ccc(C(C)=Nc2ccc(C3(c4ccc(N=C(C)c5ccc(OCCOC(=O)C=C)cc5)c(S)c4)c4ccccc4-c4cc5ccccc5cc43)cc2S)cc1. The topological polar surface area (TPSA) is 95.8 Å². The third kappa shape index (κ3) is 9.41. The van der Waals surface area contributed by atoms with Crippen molar-refractivity contribution in [3.8, 4) is 22.6 Å². The Morgan fingerprint density at radius 1 is 0.538 bits per heavy atom. The van der Waals surface area contributed by atoms with E-state index in [-0.39, 0.29) is 26.4 Å². The van der Waals surface area contributed by atoms with Crippen LogP contribution in [-0.2, 0) is 24.5 Å². The second-order valence-electron chi connectivity index (χ2n) is 15.3. The van der Waals surface area contributed by atoms with E-state index in [1.165, 1.54) is 22.1 Å². The average molecular weight is 895 g/mol. The van der Waals surface area contributed by atoms with E-state index in [9.17, 15) is 9.59 Å². The summed E-state index contributed by atoms with van der Waals surface area (Å²) in [6.45, 7) is 11.5. The van der Waals surface area contributed by atoms with Crippen LogP contribution in [0.15, 0.2) is 191 Å². The highest BCUT2D eigenvalue weighted by Crippen LogP contribution is 2.58. The van der Waals surface area contributed by atoms with Gasteiger partial charge in [0.05, 0.1) is 16.8 Å². The van der Waals surface area contributed by atoms with Crippen LogP contribution in [0.25, 0.3) is 21.9 Å². The molecule has 0 atom stereocenters. The van der Waals surface area contributed by atoms with Crippen LogP contribution in [0.1, 0.15) is 47.2 Å². The normalized spacial score (nSPS) is 14.3. The zero-order valence-corrected chi connectivity index (χ0v) is 37.8. The molecule has 0 N–H and O–H groups in total. The number of hydrogen-bond donors (Lipinski definition) is 2. The summed E-state index contributed by atoms with van der Waals surface area (Å²) in [5.74, 6) is 0.350. The molecule has 0 radical (unpaired) electrons. The smallest absolute Gasteiger partial charge is 0.330 e. The van der Waals surface area contributed by atoms with Crippen LogP contribution >= 0.6 is 25.3 Å². The summed E-state index contributed by atoms with van der Waals surface area (Å²) in [6.07, 6.45) is 2.25. The van der Waals surface area contributed by atoms with Crippen molar-refractivity contribution >= 4 is 70.8 Å². The highest BCUT2D eigenvalue weighted by molar-refractivity contribution is 7.80. The number of carbonyl (C=O) groups excluding carboxylic acids is 2. The number of nitrogens with zero attached hydrogens (tertiary/aromatic N) is 2. The van der Waals surface area contributed by atoms with E-state index >= 15 is 0 Å².